The maximum absolute atomic E-state index is 11.1. The lowest BCUT2D eigenvalue weighted by atomic mass is 10.4. The summed E-state index contributed by atoms with van der Waals surface area (Å²) in [4.78, 5) is 21.8. The zero-order valence-corrected chi connectivity index (χ0v) is 11.0. The summed E-state index contributed by atoms with van der Waals surface area (Å²) in [6, 6.07) is 0. The van der Waals surface area contributed by atoms with Crippen LogP contribution in [-0.2, 0) is 14.3 Å². The number of ether oxygens (including phenoxy) is 2. The number of anilines is 1. The fourth-order valence-corrected chi connectivity index (χ4v) is 2.22. The van der Waals surface area contributed by atoms with Gasteiger partial charge in [0.25, 0.3) is 0 Å². The number of hydrogen-bond acceptors (Lipinski definition) is 7. The van der Waals surface area contributed by atoms with Gasteiger partial charge in [-0.15, -0.1) is 0 Å². The maximum Gasteiger partial charge on any atom is 0.316 e. The van der Waals surface area contributed by atoms with Crippen molar-refractivity contribution in [2.75, 3.05) is 44.1 Å². The van der Waals surface area contributed by atoms with E-state index in [4.69, 9.17) is 4.74 Å². The molecule has 0 N–H and O–H groups in total. The molecule has 1 fully saturated rings. The zero-order chi connectivity index (χ0) is 12.8. The molecule has 0 saturated carbocycles. The number of morpholine rings is 1. The maximum atomic E-state index is 11.1. The highest BCUT2D eigenvalue weighted by atomic mass is 32.2. The van der Waals surface area contributed by atoms with Crippen molar-refractivity contribution in [3.8, 4) is 0 Å². The monoisotopic (exact) mass is 269 g/mol. The number of esters is 1. The Balaban J connectivity index is 1.98. The lowest BCUT2D eigenvalue weighted by molar-refractivity contribution is -0.137. The summed E-state index contributed by atoms with van der Waals surface area (Å²) in [6.45, 7) is 3.06. The van der Waals surface area contributed by atoms with E-state index in [1.807, 2.05) is 0 Å². The molecule has 0 bridgehead atoms. The lowest BCUT2D eigenvalue weighted by Gasteiger charge is -2.27. The Morgan fingerprint density at radius 2 is 2.28 bits per heavy atom. The Kier molecular flexibility index (Phi) is 4.77. The van der Waals surface area contributed by atoms with Gasteiger partial charge in [-0.05, 0) is 0 Å². The van der Waals surface area contributed by atoms with E-state index in [2.05, 4.69) is 19.6 Å². The summed E-state index contributed by atoms with van der Waals surface area (Å²) in [5.74, 6) is 0.810. The van der Waals surface area contributed by atoms with E-state index in [0.29, 0.717) is 13.2 Å². The van der Waals surface area contributed by atoms with Gasteiger partial charge in [0.1, 0.15) is 10.8 Å². The lowest BCUT2D eigenvalue weighted by Crippen LogP contribution is -2.36. The van der Waals surface area contributed by atoms with Crippen molar-refractivity contribution in [2.45, 2.75) is 5.03 Å². The van der Waals surface area contributed by atoms with Crippen molar-refractivity contribution < 1.29 is 14.3 Å². The van der Waals surface area contributed by atoms with E-state index in [9.17, 15) is 4.79 Å². The van der Waals surface area contributed by atoms with Gasteiger partial charge in [-0.25, -0.2) is 4.98 Å². The first-order valence-corrected chi connectivity index (χ1v) is 6.62. The summed E-state index contributed by atoms with van der Waals surface area (Å²) in [6.07, 6.45) is 3.38. The van der Waals surface area contributed by atoms with Crippen LogP contribution in [0.2, 0.25) is 0 Å². The molecule has 1 aromatic heterocycles. The molecule has 1 aliphatic heterocycles. The fourth-order valence-electron chi connectivity index (χ4n) is 1.54. The van der Waals surface area contributed by atoms with Crippen molar-refractivity contribution in [3.05, 3.63) is 12.4 Å². The average molecular weight is 269 g/mol. The minimum absolute atomic E-state index is 0.248. The Morgan fingerprint density at radius 3 is 3.00 bits per heavy atom. The number of carbonyl (C=O) groups is 1. The van der Waals surface area contributed by atoms with Crippen LogP contribution >= 0.6 is 11.8 Å². The third-order valence-corrected chi connectivity index (χ3v) is 3.37. The van der Waals surface area contributed by atoms with Gasteiger partial charge in [-0.3, -0.25) is 9.78 Å². The van der Waals surface area contributed by atoms with Crippen LogP contribution in [0.5, 0.6) is 0 Å². The van der Waals surface area contributed by atoms with E-state index in [1.54, 1.807) is 12.4 Å². The normalized spacial score (nSPS) is 15.5. The fraction of sp³-hybridized carbons (Fsp3) is 0.545. The molecular weight excluding hydrogens is 254 g/mol. The van der Waals surface area contributed by atoms with Crippen LogP contribution in [0.4, 0.5) is 5.82 Å². The van der Waals surface area contributed by atoms with Crippen molar-refractivity contribution >= 4 is 23.5 Å². The molecule has 0 amide bonds. The first kappa shape index (κ1) is 13.1. The largest absolute Gasteiger partial charge is 0.468 e. The van der Waals surface area contributed by atoms with Crippen LogP contribution in [0.3, 0.4) is 0 Å². The van der Waals surface area contributed by atoms with E-state index in [-0.39, 0.29) is 11.7 Å². The van der Waals surface area contributed by atoms with E-state index >= 15 is 0 Å². The highest BCUT2D eigenvalue weighted by molar-refractivity contribution is 7.99. The molecule has 2 heterocycles. The van der Waals surface area contributed by atoms with Gasteiger partial charge >= 0.3 is 5.97 Å². The Bertz CT molecular complexity index is 410. The van der Waals surface area contributed by atoms with Crippen LogP contribution in [0, 0.1) is 0 Å². The van der Waals surface area contributed by atoms with E-state index in [1.165, 1.54) is 18.9 Å². The first-order chi connectivity index (χ1) is 8.79. The minimum atomic E-state index is -0.265. The molecule has 1 saturated heterocycles. The predicted molar refractivity (Wildman–Crippen MR) is 67.8 cm³/mol. The summed E-state index contributed by atoms with van der Waals surface area (Å²) in [5, 5.41) is 0.726. The molecular formula is C11H15N3O3S. The zero-order valence-electron chi connectivity index (χ0n) is 10.2. The van der Waals surface area contributed by atoms with E-state index < -0.39 is 0 Å². The number of methoxy groups -OCH3 is 1. The van der Waals surface area contributed by atoms with Crippen LogP contribution in [-0.4, -0.2) is 55.1 Å². The second kappa shape index (κ2) is 6.55. The number of hydrogen-bond donors (Lipinski definition) is 0. The van der Waals surface area contributed by atoms with Crippen molar-refractivity contribution in [1.29, 1.82) is 0 Å². The summed E-state index contributed by atoms with van der Waals surface area (Å²) in [7, 11) is 1.37. The van der Waals surface area contributed by atoms with Gasteiger partial charge in [-0.2, -0.15) is 0 Å². The molecule has 0 atom stereocenters. The Labute approximate surface area is 110 Å². The second-order valence-corrected chi connectivity index (χ2v) is 4.68. The Hall–Kier alpha value is -1.34. The first-order valence-electron chi connectivity index (χ1n) is 5.64. The number of nitrogens with zero attached hydrogens (tertiary/aromatic N) is 3. The third-order valence-electron chi connectivity index (χ3n) is 2.50. The molecule has 6 nitrogen and oxygen atoms in total. The van der Waals surface area contributed by atoms with Gasteiger partial charge in [0.15, 0.2) is 0 Å². The average Bonchev–Trinajstić information content (AvgIpc) is 2.46. The quantitative estimate of drug-likeness (QED) is 0.585. The van der Waals surface area contributed by atoms with Gasteiger partial charge in [0.05, 0.1) is 38.5 Å². The smallest absolute Gasteiger partial charge is 0.316 e. The van der Waals surface area contributed by atoms with E-state index in [0.717, 1.165) is 23.9 Å². The molecule has 1 aromatic rings. The number of carbonyl (C=O) groups excluding carboxylic acids is 1. The molecule has 0 aromatic carbocycles. The van der Waals surface area contributed by atoms with Crippen LogP contribution < -0.4 is 4.90 Å². The van der Waals surface area contributed by atoms with Gasteiger partial charge in [0, 0.05) is 13.1 Å². The van der Waals surface area contributed by atoms with Gasteiger partial charge in [0.2, 0.25) is 0 Å². The predicted octanol–water partition coefficient (Wildman–Crippen LogP) is 0.578. The molecule has 1 aliphatic rings. The highest BCUT2D eigenvalue weighted by Gasteiger charge is 2.13. The third kappa shape index (κ3) is 3.58. The number of rotatable bonds is 4. The summed E-state index contributed by atoms with van der Waals surface area (Å²) < 4.78 is 9.87. The molecule has 2 rings (SSSR count). The van der Waals surface area contributed by atoms with Crippen molar-refractivity contribution in [1.82, 2.24) is 9.97 Å². The molecule has 7 heteroatoms. The second-order valence-electron chi connectivity index (χ2n) is 3.68. The molecule has 0 unspecified atom stereocenters. The Morgan fingerprint density at radius 1 is 1.50 bits per heavy atom. The van der Waals surface area contributed by atoms with Gasteiger partial charge < -0.3 is 14.4 Å². The standard InChI is InChI=1S/C11H15N3O3S/c1-16-11(15)8-18-10-7-12-6-9(13-10)14-2-4-17-5-3-14/h6-7H,2-5,8H2,1H3. The molecule has 18 heavy (non-hydrogen) atoms. The van der Waals surface area contributed by atoms with Crippen LogP contribution in [0.15, 0.2) is 17.4 Å². The van der Waals surface area contributed by atoms with Crippen molar-refractivity contribution in [2.24, 2.45) is 0 Å². The highest BCUT2D eigenvalue weighted by Crippen LogP contribution is 2.18. The number of aromatic nitrogens is 2. The topological polar surface area (TPSA) is 64.5 Å². The molecule has 98 valence electrons. The van der Waals surface area contributed by atoms with Crippen LogP contribution in [0.25, 0.3) is 0 Å². The molecule has 0 spiro atoms. The van der Waals surface area contributed by atoms with Crippen LogP contribution in [0.1, 0.15) is 0 Å². The molecule has 0 aliphatic carbocycles. The summed E-state index contributed by atoms with van der Waals surface area (Å²) in [5.41, 5.74) is 0. The van der Waals surface area contributed by atoms with Gasteiger partial charge in [-0.1, -0.05) is 11.8 Å². The SMILES string of the molecule is COC(=O)CSc1cncc(N2CCOCC2)n1. The molecule has 0 radical (unpaired) electrons. The van der Waals surface area contributed by atoms with Crippen molar-refractivity contribution in [3.63, 3.8) is 0 Å². The summed E-state index contributed by atoms with van der Waals surface area (Å²) >= 11 is 1.33. The minimum Gasteiger partial charge on any atom is -0.468 e. The number of thioether (sulfide) groups is 1.